The van der Waals surface area contributed by atoms with E-state index in [1.54, 1.807) is 0 Å². The van der Waals surface area contributed by atoms with Crippen molar-refractivity contribution in [1.29, 1.82) is 0 Å². The molecule has 0 saturated carbocycles. The lowest BCUT2D eigenvalue weighted by atomic mass is 10.0. The van der Waals surface area contributed by atoms with E-state index in [1.807, 2.05) is 0 Å². The molecule has 0 fully saturated rings. The minimum Gasteiger partial charge on any atom is -0.462 e. The number of unbranched alkanes of at least 4 members (excludes halogenated alkanes) is 33. The Morgan fingerprint density at radius 3 is 0.817 bits per heavy atom. The molecule has 0 aromatic carbocycles. The zero-order valence-electron chi connectivity index (χ0n) is 41.1. The van der Waals surface area contributed by atoms with E-state index in [1.165, 1.54) is 186 Å². The zero-order chi connectivity index (χ0) is 44.0. The average Bonchev–Trinajstić information content (AvgIpc) is 3.22. The Bertz CT molecular complexity index is 916. The summed E-state index contributed by atoms with van der Waals surface area (Å²) in [6.45, 7) is 11.4. The van der Waals surface area contributed by atoms with Crippen molar-refractivity contribution in [3.8, 4) is 0 Å². The van der Waals surface area contributed by atoms with Crippen LogP contribution in [0.5, 0.6) is 0 Å². The predicted octanol–water partition coefficient (Wildman–Crippen LogP) is 17.3. The molecule has 0 aliphatic carbocycles. The van der Waals surface area contributed by atoms with E-state index in [4.69, 9.17) is 14.2 Å². The second-order valence-electron chi connectivity index (χ2n) is 19.5. The predicted molar refractivity (Wildman–Crippen MR) is 256 cm³/mol. The van der Waals surface area contributed by atoms with E-state index in [-0.39, 0.29) is 31.1 Å². The van der Waals surface area contributed by atoms with Crippen LogP contribution < -0.4 is 0 Å². The van der Waals surface area contributed by atoms with Crippen molar-refractivity contribution in [2.24, 2.45) is 11.8 Å². The topological polar surface area (TPSA) is 78.9 Å². The van der Waals surface area contributed by atoms with Gasteiger partial charge in [-0.2, -0.15) is 0 Å². The summed E-state index contributed by atoms with van der Waals surface area (Å²) in [6.07, 6.45) is 48.2. The molecule has 0 bridgehead atoms. The third-order valence-electron chi connectivity index (χ3n) is 12.2. The number of esters is 3. The summed E-state index contributed by atoms with van der Waals surface area (Å²) in [7, 11) is 0. The van der Waals surface area contributed by atoms with Gasteiger partial charge in [0.05, 0.1) is 0 Å². The molecule has 60 heavy (non-hydrogen) atoms. The molecule has 0 spiro atoms. The van der Waals surface area contributed by atoms with Gasteiger partial charge in [-0.15, -0.1) is 0 Å². The third kappa shape index (κ3) is 47.5. The average molecular weight is 849 g/mol. The van der Waals surface area contributed by atoms with Gasteiger partial charge in [0, 0.05) is 19.3 Å². The Kier molecular flexibility index (Phi) is 45.7. The van der Waals surface area contributed by atoms with Crippen LogP contribution in [0.25, 0.3) is 0 Å². The van der Waals surface area contributed by atoms with Crippen molar-refractivity contribution < 1.29 is 28.6 Å². The van der Waals surface area contributed by atoms with Crippen LogP contribution in [-0.2, 0) is 28.6 Å². The Morgan fingerprint density at radius 1 is 0.317 bits per heavy atom. The summed E-state index contributed by atoms with van der Waals surface area (Å²) in [6, 6.07) is 0. The highest BCUT2D eigenvalue weighted by Crippen LogP contribution is 2.18. The molecule has 0 N–H and O–H groups in total. The number of carbonyl (C=O) groups is 3. The van der Waals surface area contributed by atoms with E-state index >= 15 is 0 Å². The molecule has 0 heterocycles. The van der Waals surface area contributed by atoms with Gasteiger partial charge in [-0.3, -0.25) is 14.4 Å². The number of ether oxygens (including phenoxy) is 3. The van der Waals surface area contributed by atoms with Crippen LogP contribution in [0, 0.1) is 11.8 Å². The molecule has 0 amide bonds. The Labute approximate surface area is 374 Å². The van der Waals surface area contributed by atoms with Gasteiger partial charge >= 0.3 is 17.9 Å². The van der Waals surface area contributed by atoms with Crippen LogP contribution in [0.2, 0.25) is 0 Å². The fourth-order valence-electron chi connectivity index (χ4n) is 8.17. The van der Waals surface area contributed by atoms with E-state index in [0.29, 0.717) is 19.3 Å². The monoisotopic (exact) mass is 849 g/mol. The summed E-state index contributed by atoms with van der Waals surface area (Å²) in [4.78, 5) is 37.8. The van der Waals surface area contributed by atoms with Crippen LogP contribution in [0.3, 0.4) is 0 Å². The second kappa shape index (κ2) is 46.9. The normalized spacial score (nSPS) is 12.1. The maximum Gasteiger partial charge on any atom is 0.306 e. The van der Waals surface area contributed by atoms with Gasteiger partial charge in [0.1, 0.15) is 13.2 Å². The molecule has 0 aromatic rings. The van der Waals surface area contributed by atoms with Crippen LogP contribution in [-0.4, -0.2) is 37.2 Å². The maximum absolute atomic E-state index is 12.8. The van der Waals surface area contributed by atoms with E-state index < -0.39 is 6.10 Å². The zero-order valence-corrected chi connectivity index (χ0v) is 41.1. The van der Waals surface area contributed by atoms with Gasteiger partial charge in [-0.1, -0.05) is 259 Å². The van der Waals surface area contributed by atoms with Gasteiger partial charge < -0.3 is 14.2 Å². The van der Waals surface area contributed by atoms with Crippen molar-refractivity contribution in [2.45, 2.75) is 304 Å². The fraction of sp³-hybridized carbons (Fsp3) is 0.944. The Balaban J connectivity index is 4.17. The quantitative estimate of drug-likeness (QED) is 0.0345. The molecule has 6 nitrogen and oxygen atoms in total. The summed E-state index contributed by atoms with van der Waals surface area (Å²) < 4.78 is 16.8. The first kappa shape index (κ1) is 58.4. The first-order valence-corrected chi connectivity index (χ1v) is 26.7. The number of carbonyl (C=O) groups excluding carboxylic acids is 3. The summed E-state index contributed by atoms with van der Waals surface area (Å²) in [5, 5.41) is 0. The molecular weight excluding hydrogens is 745 g/mol. The van der Waals surface area contributed by atoms with Crippen LogP contribution in [0.4, 0.5) is 0 Å². The summed E-state index contributed by atoms with van der Waals surface area (Å²) >= 11 is 0. The molecule has 0 radical (unpaired) electrons. The van der Waals surface area contributed by atoms with Crippen LogP contribution >= 0.6 is 0 Å². The van der Waals surface area contributed by atoms with Crippen LogP contribution in [0.15, 0.2) is 0 Å². The van der Waals surface area contributed by atoms with Crippen molar-refractivity contribution in [3.63, 3.8) is 0 Å². The van der Waals surface area contributed by atoms with Gasteiger partial charge in [-0.25, -0.2) is 0 Å². The Hall–Kier alpha value is -1.59. The molecule has 0 unspecified atom stereocenters. The fourth-order valence-corrected chi connectivity index (χ4v) is 8.17. The minimum atomic E-state index is -0.760. The van der Waals surface area contributed by atoms with E-state index in [2.05, 4.69) is 34.6 Å². The Morgan fingerprint density at radius 2 is 0.550 bits per heavy atom. The van der Waals surface area contributed by atoms with Crippen molar-refractivity contribution >= 4 is 17.9 Å². The van der Waals surface area contributed by atoms with Crippen molar-refractivity contribution in [2.75, 3.05) is 13.2 Å². The highest BCUT2D eigenvalue weighted by Gasteiger charge is 2.19. The van der Waals surface area contributed by atoms with Crippen molar-refractivity contribution in [1.82, 2.24) is 0 Å². The molecule has 0 rings (SSSR count). The lowest BCUT2D eigenvalue weighted by molar-refractivity contribution is -0.167. The smallest absolute Gasteiger partial charge is 0.306 e. The highest BCUT2D eigenvalue weighted by atomic mass is 16.6. The molecule has 356 valence electrons. The number of hydrogen-bond donors (Lipinski definition) is 0. The lowest BCUT2D eigenvalue weighted by Gasteiger charge is -2.18. The molecule has 0 aliphatic heterocycles. The first-order chi connectivity index (χ1) is 29.2. The largest absolute Gasteiger partial charge is 0.462 e. The molecule has 1 atom stereocenters. The molecular formula is C54H104O6. The first-order valence-electron chi connectivity index (χ1n) is 26.7. The third-order valence-corrected chi connectivity index (χ3v) is 12.2. The van der Waals surface area contributed by atoms with Crippen LogP contribution in [0.1, 0.15) is 298 Å². The highest BCUT2D eigenvalue weighted by molar-refractivity contribution is 5.71. The van der Waals surface area contributed by atoms with Gasteiger partial charge in [0.15, 0.2) is 6.10 Å². The molecule has 0 aromatic heterocycles. The number of rotatable bonds is 48. The SMILES string of the molecule is CCCCCCCCCC(=O)OC[C@H](COC(=O)CCCCCCCCCCCCCCCCCCC(C)C)OC(=O)CCCCCCCCCCCCCCCC(C)C. The maximum atomic E-state index is 12.8. The second-order valence-corrected chi connectivity index (χ2v) is 19.5. The van der Waals surface area contributed by atoms with E-state index in [0.717, 1.165) is 69.6 Å². The van der Waals surface area contributed by atoms with Gasteiger partial charge in [0.25, 0.3) is 0 Å². The molecule has 6 heteroatoms. The summed E-state index contributed by atoms with van der Waals surface area (Å²) in [5.41, 5.74) is 0. The number of hydrogen-bond acceptors (Lipinski definition) is 6. The van der Waals surface area contributed by atoms with Crippen molar-refractivity contribution in [3.05, 3.63) is 0 Å². The van der Waals surface area contributed by atoms with Gasteiger partial charge in [0.2, 0.25) is 0 Å². The van der Waals surface area contributed by atoms with E-state index in [9.17, 15) is 14.4 Å². The molecule has 0 aliphatic rings. The lowest BCUT2D eigenvalue weighted by Crippen LogP contribution is -2.30. The standard InChI is InChI=1S/C54H104O6/c1-6-7-8-9-27-34-39-44-52(55)58-47-51(60-54(57)46-41-36-31-26-22-18-14-16-20-24-29-33-38-43-50(4)5)48-59-53(56)45-40-35-30-25-21-17-13-11-10-12-15-19-23-28-32-37-42-49(2)3/h49-51H,6-48H2,1-5H3/t51-/m1/s1. The summed E-state index contributed by atoms with van der Waals surface area (Å²) in [5.74, 6) is 0.839. The molecule has 0 saturated heterocycles. The van der Waals surface area contributed by atoms with Gasteiger partial charge in [-0.05, 0) is 31.1 Å². The minimum absolute atomic E-state index is 0.0636.